The van der Waals surface area contributed by atoms with E-state index in [0.29, 0.717) is 5.70 Å². The Balaban J connectivity index is 2.59. The van der Waals surface area contributed by atoms with Crippen LogP contribution >= 0.6 is 11.8 Å². The smallest absolute Gasteiger partial charge is 0.303 e. The van der Waals surface area contributed by atoms with Crippen molar-refractivity contribution in [1.82, 2.24) is 10.6 Å². The first-order valence-electron chi connectivity index (χ1n) is 3.05. The Morgan fingerprint density at radius 2 is 2.18 bits per heavy atom. The number of imide groups is 1. The summed E-state index contributed by atoms with van der Waals surface area (Å²) in [6.07, 6.45) is 3.61. The lowest BCUT2D eigenvalue weighted by Gasteiger charge is -1.90. The molecule has 0 bridgehead atoms. The van der Waals surface area contributed by atoms with Gasteiger partial charge in [0.15, 0.2) is 0 Å². The zero-order chi connectivity index (χ0) is 8.27. The highest BCUT2D eigenvalue weighted by molar-refractivity contribution is 7.98. The Kier molecular flexibility index (Phi) is 2.53. The highest BCUT2D eigenvalue weighted by atomic mass is 32.2. The van der Waals surface area contributed by atoms with E-state index in [9.17, 15) is 9.59 Å². The normalized spacial score (nSPS) is 20.3. The van der Waals surface area contributed by atoms with E-state index in [1.165, 1.54) is 0 Å². The minimum Gasteiger partial charge on any atom is -0.303 e. The summed E-state index contributed by atoms with van der Waals surface area (Å²) in [4.78, 5) is 21.4. The number of rotatable bonds is 2. The van der Waals surface area contributed by atoms with Crippen molar-refractivity contribution in [2.45, 2.75) is 0 Å². The van der Waals surface area contributed by atoms with Gasteiger partial charge in [-0.25, -0.2) is 4.79 Å². The first-order chi connectivity index (χ1) is 5.24. The summed E-state index contributed by atoms with van der Waals surface area (Å²) in [5, 5.41) is 4.50. The molecule has 0 unspecified atom stereocenters. The maximum atomic E-state index is 10.8. The molecule has 0 aliphatic carbocycles. The number of hydrogen-bond acceptors (Lipinski definition) is 3. The van der Waals surface area contributed by atoms with Gasteiger partial charge in [0.1, 0.15) is 5.70 Å². The Bertz CT molecular complexity index is 225. The minimum absolute atomic E-state index is 0.343. The quantitative estimate of drug-likeness (QED) is 0.458. The standard InChI is InChI=1S/C6H8N2O2S/c1-11-3-2-4-5(9)8-6(10)7-4/h2H,3H2,1H3,(H2,7,8,9,10)/b4-2+. The lowest BCUT2D eigenvalue weighted by Crippen LogP contribution is -2.22. The average molecular weight is 172 g/mol. The molecule has 0 aromatic rings. The van der Waals surface area contributed by atoms with E-state index in [0.717, 1.165) is 5.75 Å². The molecule has 1 fully saturated rings. The van der Waals surface area contributed by atoms with Gasteiger partial charge in [0, 0.05) is 5.75 Å². The largest absolute Gasteiger partial charge is 0.326 e. The van der Waals surface area contributed by atoms with Gasteiger partial charge in [0.05, 0.1) is 0 Å². The Morgan fingerprint density at radius 3 is 2.64 bits per heavy atom. The minimum atomic E-state index is -0.442. The van der Waals surface area contributed by atoms with E-state index in [1.54, 1.807) is 17.8 Å². The molecule has 2 N–H and O–H groups in total. The number of hydrogen-bond donors (Lipinski definition) is 2. The molecule has 0 spiro atoms. The highest BCUT2D eigenvalue weighted by Crippen LogP contribution is 2.00. The van der Waals surface area contributed by atoms with Crippen LogP contribution in [0.25, 0.3) is 0 Å². The maximum Gasteiger partial charge on any atom is 0.326 e. The van der Waals surface area contributed by atoms with Gasteiger partial charge >= 0.3 is 6.03 Å². The van der Waals surface area contributed by atoms with E-state index < -0.39 is 6.03 Å². The molecule has 5 heteroatoms. The zero-order valence-electron chi connectivity index (χ0n) is 6.01. The van der Waals surface area contributed by atoms with Crippen LogP contribution in [0.3, 0.4) is 0 Å². The van der Waals surface area contributed by atoms with Gasteiger partial charge in [0.2, 0.25) is 0 Å². The Morgan fingerprint density at radius 1 is 1.45 bits per heavy atom. The topological polar surface area (TPSA) is 58.2 Å². The van der Waals surface area contributed by atoms with Crippen molar-refractivity contribution in [2.75, 3.05) is 12.0 Å². The van der Waals surface area contributed by atoms with Crippen LogP contribution in [-0.4, -0.2) is 23.9 Å². The molecule has 4 nitrogen and oxygen atoms in total. The van der Waals surface area contributed by atoms with Crippen LogP contribution in [0.1, 0.15) is 0 Å². The SMILES string of the molecule is CSC/C=C1/NC(=O)NC1=O. The Hall–Kier alpha value is -0.970. The molecule has 11 heavy (non-hydrogen) atoms. The molecule has 0 aromatic heterocycles. The van der Waals surface area contributed by atoms with E-state index in [-0.39, 0.29) is 5.91 Å². The van der Waals surface area contributed by atoms with Gasteiger partial charge in [-0.2, -0.15) is 11.8 Å². The van der Waals surface area contributed by atoms with Gasteiger partial charge in [-0.3, -0.25) is 10.1 Å². The molecule has 1 saturated heterocycles. The van der Waals surface area contributed by atoms with E-state index in [4.69, 9.17) is 0 Å². The molecule has 3 amide bonds. The van der Waals surface area contributed by atoms with Gasteiger partial charge in [0.25, 0.3) is 5.91 Å². The fraction of sp³-hybridized carbons (Fsp3) is 0.333. The van der Waals surface area contributed by atoms with Gasteiger partial charge in [-0.15, -0.1) is 0 Å². The fourth-order valence-electron chi connectivity index (χ4n) is 0.691. The number of amides is 3. The van der Waals surface area contributed by atoms with Crippen molar-refractivity contribution in [3.8, 4) is 0 Å². The van der Waals surface area contributed by atoms with Crippen LogP contribution < -0.4 is 10.6 Å². The molecule has 0 radical (unpaired) electrons. The number of urea groups is 1. The van der Waals surface area contributed by atoms with Crippen LogP contribution in [0.2, 0.25) is 0 Å². The van der Waals surface area contributed by atoms with Crippen LogP contribution in [-0.2, 0) is 4.79 Å². The molecule has 1 rings (SSSR count). The molecule has 0 saturated carbocycles. The number of carbonyl (C=O) groups excluding carboxylic acids is 2. The molecule has 1 heterocycles. The zero-order valence-corrected chi connectivity index (χ0v) is 6.83. The summed E-state index contributed by atoms with van der Waals surface area (Å²) >= 11 is 1.58. The third-order valence-corrected chi connectivity index (χ3v) is 1.67. The van der Waals surface area contributed by atoms with Crippen LogP contribution in [0.15, 0.2) is 11.8 Å². The second-order valence-electron chi connectivity index (χ2n) is 1.98. The van der Waals surface area contributed by atoms with E-state index >= 15 is 0 Å². The fourth-order valence-corrected chi connectivity index (χ4v) is 1.02. The van der Waals surface area contributed by atoms with Crippen molar-refractivity contribution in [3.63, 3.8) is 0 Å². The van der Waals surface area contributed by atoms with Crippen LogP contribution in [0.5, 0.6) is 0 Å². The molecular formula is C6H8N2O2S. The third-order valence-electron chi connectivity index (χ3n) is 1.17. The summed E-state index contributed by atoms with van der Waals surface area (Å²) < 4.78 is 0. The molecular weight excluding hydrogens is 164 g/mol. The van der Waals surface area contributed by atoms with E-state index in [1.807, 2.05) is 6.26 Å². The summed E-state index contributed by atoms with van der Waals surface area (Å²) in [5.41, 5.74) is 0.351. The van der Waals surface area contributed by atoms with Gasteiger partial charge in [-0.1, -0.05) is 0 Å². The van der Waals surface area contributed by atoms with Crippen LogP contribution in [0, 0.1) is 0 Å². The van der Waals surface area contributed by atoms with Crippen LogP contribution in [0.4, 0.5) is 4.79 Å². The van der Waals surface area contributed by atoms with Gasteiger partial charge < -0.3 is 5.32 Å². The Labute approximate surface area is 68.4 Å². The predicted octanol–water partition coefficient (Wildman–Crippen LogP) is 0.0727. The summed E-state index contributed by atoms with van der Waals surface area (Å²) in [5.74, 6) is 0.382. The molecule has 0 atom stereocenters. The second-order valence-corrected chi connectivity index (χ2v) is 2.89. The molecule has 1 aliphatic heterocycles. The number of nitrogens with one attached hydrogen (secondary N) is 2. The van der Waals surface area contributed by atoms with Crippen molar-refractivity contribution in [3.05, 3.63) is 11.8 Å². The number of carbonyl (C=O) groups is 2. The first-order valence-corrected chi connectivity index (χ1v) is 4.45. The molecule has 0 aromatic carbocycles. The van der Waals surface area contributed by atoms with Crippen molar-refractivity contribution < 1.29 is 9.59 Å². The van der Waals surface area contributed by atoms with Crippen molar-refractivity contribution >= 4 is 23.7 Å². The lowest BCUT2D eigenvalue weighted by atomic mass is 10.4. The average Bonchev–Trinajstić information content (AvgIpc) is 2.26. The summed E-state index contributed by atoms with van der Waals surface area (Å²) in [7, 11) is 0. The summed E-state index contributed by atoms with van der Waals surface area (Å²) in [6.45, 7) is 0. The monoisotopic (exact) mass is 172 g/mol. The predicted molar refractivity (Wildman–Crippen MR) is 43.1 cm³/mol. The van der Waals surface area contributed by atoms with Crippen molar-refractivity contribution in [2.24, 2.45) is 0 Å². The van der Waals surface area contributed by atoms with Crippen molar-refractivity contribution in [1.29, 1.82) is 0 Å². The van der Waals surface area contributed by atoms with E-state index in [2.05, 4.69) is 10.6 Å². The lowest BCUT2D eigenvalue weighted by molar-refractivity contribution is -0.115. The molecule has 1 aliphatic rings. The third kappa shape index (κ3) is 1.98. The highest BCUT2D eigenvalue weighted by Gasteiger charge is 2.21. The maximum absolute atomic E-state index is 10.8. The summed E-state index contributed by atoms with van der Waals surface area (Å²) in [6, 6.07) is -0.442. The van der Waals surface area contributed by atoms with Gasteiger partial charge in [-0.05, 0) is 12.3 Å². The first kappa shape index (κ1) is 8.13. The number of thioether (sulfide) groups is 1. The second kappa shape index (κ2) is 3.43. The molecule has 60 valence electrons.